The average molecular weight is 272 g/mol. The van der Waals surface area contributed by atoms with Crippen molar-refractivity contribution in [3.05, 3.63) is 0 Å². The second-order valence-corrected chi connectivity index (χ2v) is 5.60. The molecule has 2 aliphatic heterocycles. The number of carbonyl (C=O) groups excluding carboxylic acids is 2. The monoisotopic (exact) mass is 272 g/mol. The number of hydrogen-bond donors (Lipinski definition) is 1. The van der Waals surface area contributed by atoms with Gasteiger partial charge in [0.1, 0.15) is 6.54 Å². The van der Waals surface area contributed by atoms with Gasteiger partial charge >= 0.3 is 5.97 Å². The van der Waals surface area contributed by atoms with Crippen molar-refractivity contribution in [2.45, 2.75) is 12.8 Å². The molecule has 2 heterocycles. The summed E-state index contributed by atoms with van der Waals surface area (Å²) in [7, 11) is 0. The van der Waals surface area contributed by atoms with Gasteiger partial charge in [-0.05, 0) is 12.8 Å². The molecule has 0 radical (unpaired) electrons. The Morgan fingerprint density at radius 2 is 2.17 bits per heavy atom. The number of amides is 2. The van der Waals surface area contributed by atoms with E-state index in [1.165, 1.54) is 16.7 Å². The SMILES string of the molecule is O=C(O)C1CCCN(C(=O)CN2CCSC2=O)C1. The van der Waals surface area contributed by atoms with E-state index in [2.05, 4.69) is 0 Å². The minimum Gasteiger partial charge on any atom is -0.481 e. The fourth-order valence-corrected chi connectivity index (χ4v) is 3.06. The summed E-state index contributed by atoms with van der Waals surface area (Å²) in [5, 5.41) is 8.90. The molecule has 2 rings (SSSR count). The Balaban J connectivity index is 1.88. The number of rotatable bonds is 3. The molecule has 1 atom stereocenters. The first kappa shape index (κ1) is 13.2. The molecule has 0 saturated carbocycles. The molecule has 0 aliphatic carbocycles. The van der Waals surface area contributed by atoms with Crippen molar-refractivity contribution < 1.29 is 19.5 Å². The summed E-state index contributed by atoms with van der Waals surface area (Å²) < 4.78 is 0. The molecule has 2 saturated heterocycles. The molecule has 2 amide bonds. The molecule has 2 fully saturated rings. The van der Waals surface area contributed by atoms with Gasteiger partial charge in [0.25, 0.3) is 5.24 Å². The Morgan fingerprint density at radius 3 is 2.78 bits per heavy atom. The molecule has 0 spiro atoms. The van der Waals surface area contributed by atoms with Crippen molar-refractivity contribution in [3.63, 3.8) is 0 Å². The van der Waals surface area contributed by atoms with Crippen LogP contribution in [0.2, 0.25) is 0 Å². The van der Waals surface area contributed by atoms with E-state index in [9.17, 15) is 14.4 Å². The highest BCUT2D eigenvalue weighted by molar-refractivity contribution is 8.13. The van der Waals surface area contributed by atoms with Gasteiger partial charge in [-0.2, -0.15) is 0 Å². The molecule has 1 N–H and O–H groups in total. The van der Waals surface area contributed by atoms with E-state index in [0.29, 0.717) is 25.9 Å². The van der Waals surface area contributed by atoms with Crippen LogP contribution in [0.3, 0.4) is 0 Å². The zero-order valence-electron chi connectivity index (χ0n) is 10.0. The second kappa shape index (κ2) is 5.60. The summed E-state index contributed by atoms with van der Waals surface area (Å²) in [5.74, 6) is -0.729. The Hall–Kier alpha value is -1.24. The first-order valence-electron chi connectivity index (χ1n) is 6.00. The van der Waals surface area contributed by atoms with Crippen LogP contribution in [0.25, 0.3) is 0 Å². The van der Waals surface area contributed by atoms with Crippen LogP contribution in [0.5, 0.6) is 0 Å². The molecule has 18 heavy (non-hydrogen) atoms. The molecular formula is C11H16N2O4S. The number of aliphatic carboxylic acids is 1. The molecule has 0 aromatic rings. The Morgan fingerprint density at radius 1 is 1.39 bits per heavy atom. The van der Waals surface area contributed by atoms with Crippen molar-refractivity contribution in [2.24, 2.45) is 5.92 Å². The largest absolute Gasteiger partial charge is 0.481 e. The Kier molecular flexibility index (Phi) is 4.11. The third-order valence-corrected chi connectivity index (χ3v) is 4.19. The summed E-state index contributed by atoms with van der Waals surface area (Å²) in [4.78, 5) is 37.4. The minimum atomic E-state index is -0.847. The van der Waals surface area contributed by atoms with Crippen molar-refractivity contribution in [1.82, 2.24) is 9.80 Å². The van der Waals surface area contributed by atoms with Crippen molar-refractivity contribution in [3.8, 4) is 0 Å². The van der Waals surface area contributed by atoms with E-state index < -0.39 is 11.9 Å². The number of likely N-dealkylation sites (tertiary alicyclic amines) is 1. The molecule has 2 aliphatic rings. The van der Waals surface area contributed by atoms with Crippen LogP contribution in [-0.4, -0.2) is 64.0 Å². The molecular weight excluding hydrogens is 256 g/mol. The minimum absolute atomic E-state index is 0.0601. The zero-order chi connectivity index (χ0) is 13.1. The molecule has 1 unspecified atom stereocenters. The lowest BCUT2D eigenvalue weighted by atomic mass is 9.98. The van der Waals surface area contributed by atoms with Gasteiger partial charge in [0.05, 0.1) is 5.92 Å². The number of carboxylic acid groups (broad SMARTS) is 1. The number of hydrogen-bond acceptors (Lipinski definition) is 4. The molecule has 0 aromatic heterocycles. The zero-order valence-corrected chi connectivity index (χ0v) is 10.8. The van der Waals surface area contributed by atoms with Crippen LogP contribution in [0.15, 0.2) is 0 Å². The standard InChI is InChI=1S/C11H16N2O4S/c14-9(7-13-4-5-18-11(13)17)12-3-1-2-8(6-12)10(15)16/h8H,1-7H2,(H,15,16). The first-order chi connectivity index (χ1) is 8.58. The van der Waals surface area contributed by atoms with Crippen molar-refractivity contribution >= 4 is 28.9 Å². The Labute approximate surface area is 109 Å². The number of thioether (sulfide) groups is 1. The normalized spacial score (nSPS) is 24.4. The van der Waals surface area contributed by atoms with E-state index in [1.807, 2.05) is 0 Å². The Bertz CT molecular complexity index is 374. The van der Waals surface area contributed by atoms with E-state index >= 15 is 0 Å². The van der Waals surface area contributed by atoms with E-state index in [1.54, 1.807) is 4.90 Å². The van der Waals surface area contributed by atoms with Gasteiger partial charge in [-0.3, -0.25) is 14.4 Å². The summed E-state index contributed by atoms with van der Waals surface area (Å²) >= 11 is 1.22. The summed E-state index contributed by atoms with van der Waals surface area (Å²) in [6.07, 6.45) is 1.34. The van der Waals surface area contributed by atoms with Crippen LogP contribution in [0.1, 0.15) is 12.8 Å². The molecule has 0 aromatic carbocycles. The predicted molar refractivity (Wildman–Crippen MR) is 66.4 cm³/mol. The summed E-state index contributed by atoms with van der Waals surface area (Å²) in [6.45, 7) is 1.55. The topological polar surface area (TPSA) is 77.9 Å². The van der Waals surface area contributed by atoms with E-state index in [-0.39, 0.29) is 24.2 Å². The highest BCUT2D eigenvalue weighted by atomic mass is 32.2. The maximum atomic E-state index is 12.0. The van der Waals surface area contributed by atoms with Crippen LogP contribution < -0.4 is 0 Å². The van der Waals surface area contributed by atoms with Crippen molar-refractivity contribution in [1.29, 1.82) is 0 Å². The number of piperidine rings is 1. The quantitative estimate of drug-likeness (QED) is 0.808. The molecule has 100 valence electrons. The smallest absolute Gasteiger partial charge is 0.308 e. The molecule has 6 nitrogen and oxygen atoms in total. The number of carbonyl (C=O) groups is 3. The summed E-state index contributed by atoms with van der Waals surface area (Å²) in [5.41, 5.74) is 0. The lowest BCUT2D eigenvalue weighted by molar-refractivity contribution is -0.145. The van der Waals surface area contributed by atoms with Crippen LogP contribution in [0, 0.1) is 5.92 Å². The van der Waals surface area contributed by atoms with Gasteiger partial charge in [0, 0.05) is 25.4 Å². The van der Waals surface area contributed by atoms with Gasteiger partial charge in [0.2, 0.25) is 5.91 Å². The maximum absolute atomic E-state index is 12.0. The lowest BCUT2D eigenvalue weighted by Gasteiger charge is -2.31. The highest BCUT2D eigenvalue weighted by Gasteiger charge is 2.30. The fraction of sp³-hybridized carbons (Fsp3) is 0.727. The van der Waals surface area contributed by atoms with Gasteiger partial charge in [0.15, 0.2) is 0 Å². The summed E-state index contributed by atoms with van der Waals surface area (Å²) in [6, 6.07) is 0. The highest BCUT2D eigenvalue weighted by Crippen LogP contribution is 2.19. The van der Waals surface area contributed by atoms with E-state index in [0.717, 1.165) is 5.75 Å². The van der Waals surface area contributed by atoms with Gasteiger partial charge in [-0.25, -0.2) is 0 Å². The third kappa shape index (κ3) is 2.95. The predicted octanol–water partition coefficient (Wildman–Crippen LogP) is 0.478. The number of nitrogens with zero attached hydrogens (tertiary/aromatic N) is 2. The first-order valence-corrected chi connectivity index (χ1v) is 6.99. The van der Waals surface area contributed by atoms with Gasteiger partial charge in [-0.15, -0.1) is 0 Å². The fourth-order valence-electron chi connectivity index (χ4n) is 2.24. The van der Waals surface area contributed by atoms with Crippen LogP contribution >= 0.6 is 11.8 Å². The molecule has 7 heteroatoms. The van der Waals surface area contributed by atoms with Crippen molar-refractivity contribution in [2.75, 3.05) is 31.9 Å². The van der Waals surface area contributed by atoms with Gasteiger partial charge < -0.3 is 14.9 Å². The maximum Gasteiger partial charge on any atom is 0.308 e. The van der Waals surface area contributed by atoms with Gasteiger partial charge in [-0.1, -0.05) is 11.8 Å². The third-order valence-electron chi connectivity index (χ3n) is 3.29. The average Bonchev–Trinajstić information content (AvgIpc) is 2.75. The van der Waals surface area contributed by atoms with Crippen LogP contribution in [0.4, 0.5) is 4.79 Å². The number of carboxylic acids is 1. The molecule has 0 bridgehead atoms. The lowest BCUT2D eigenvalue weighted by Crippen LogP contribution is -2.46. The van der Waals surface area contributed by atoms with E-state index in [4.69, 9.17) is 5.11 Å². The second-order valence-electron chi connectivity index (χ2n) is 4.55. The van der Waals surface area contributed by atoms with Crippen LogP contribution in [-0.2, 0) is 9.59 Å².